The minimum Gasteiger partial charge on any atom is -0.103 e. The number of rotatable bonds is 1. The molecule has 18 heavy (non-hydrogen) atoms. The highest BCUT2D eigenvalue weighted by Gasteiger charge is 2.33. The molecular weight excluding hydrogens is 216 g/mol. The summed E-state index contributed by atoms with van der Waals surface area (Å²) in [5, 5.41) is 0. The quantitative estimate of drug-likeness (QED) is 0.571. The van der Waals surface area contributed by atoms with E-state index < -0.39 is 0 Å². The van der Waals surface area contributed by atoms with Crippen LogP contribution in [0.4, 0.5) is 0 Å². The fourth-order valence-corrected chi connectivity index (χ4v) is 4.08. The third-order valence-electron chi connectivity index (χ3n) is 5.15. The predicted molar refractivity (Wildman–Crippen MR) is 78.2 cm³/mol. The third kappa shape index (κ3) is 2.13. The van der Waals surface area contributed by atoms with Gasteiger partial charge in [-0.3, -0.25) is 0 Å². The van der Waals surface area contributed by atoms with Crippen molar-refractivity contribution in [3.63, 3.8) is 0 Å². The molecule has 0 aromatic rings. The average molecular weight is 240 g/mol. The second-order valence-corrected chi connectivity index (χ2v) is 6.23. The van der Waals surface area contributed by atoms with Crippen LogP contribution >= 0.6 is 0 Å². The van der Waals surface area contributed by atoms with E-state index in [0.717, 1.165) is 29.6 Å². The van der Waals surface area contributed by atoms with E-state index in [1.807, 2.05) is 0 Å². The van der Waals surface area contributed by atoms with Gasteiger partial charge in [0, 0.05) is 0 Å². The van der Waals surface area contributed by atoms with Gasteiger partial charge >= 0.3 is 0 Å². The van der Waals surface area contributed by atoms with E-state index in [-0.39, 0.29) is 0 Å². The molecule has 0 heterocycles. The Labute approximate surface area is 111 Å². The summed E-state index contributed by atoms with van der Waals surface area (Å²) in [6.45, 7) is 5.98. The molecule has 96 valence electrons. The SMILES string of the molecule is C=CC1CC2C=CC1C2.CC=C1CC2C=CC1C2. The second kappa shape index (κ2) is 4.91. The summed E-state index contributed by atoms with van der Waals surface area (Å²) in [5.41, 5.74) is 1.67. The minimum absolute atomic E-state index is 0.806. The Balaban J connectivity index is 0.000000111. The Morgan fingerprint density at radius 2 is 1.89 bits per heavy atom. The summed E-state index contributed by atoms with van der Waals surface area (Å²) in [6.07, 6.45) is 19.4. The van der Waals surface area contributed by atoms with Crippen LogP contribution in [0.3, 0.4) is 0 Å². The van der Waals surface area contributed by atoms with E-state index in [9.17, 15) is 0 Å². The van der Waals surface area contributed by atoms with Gasteiger partial charge in [0.15, 0.2) is 0 Å². The molecule has 2 fully saturated rings. The zero-order chi connectivity index (χ0) is 12.5. The van der Waals surface area contributed by atoms with Gasteiger partial charge in [-0.2, -0.15) is 0 Å². The molecule has 2 saturated carbocycles. The van der Waals surface area contributed by atoms with Crippen LogP contribution in [0.15, 0.2) is 48.6 Å². The van der Waals surface area contributed by atoms with Crippen LogP contribution in [0.25, 0.3) is 0 Å². The van der Waals surface area contributed by atoms with Crippen LogP contribution < -0.4 is 0 Å². The molecule has 0 aliphatic heterocycles. The Morgan fingerprint density at radius 1 is 1.06 bits per heavy atom. The zero-order valence-corrected chi connectivity index (χ0v) is 11.4. The molecule has 4 aliphatic carbocycles. The largest absolute Gasteiger partial charge is 0.103 e. The maximum atomic E-state index is 3.83. The van der Waals surface area contributed by atoms with Gasteiger partial charge in [-0.15, -0.1) is 6.58 Å². The molecule has 0 heteroatoms. The first-order chi connectivity index (χ1) is 8.80. The Bertz CT molecular complexity index is 410. The lowest BCUT2D eigenvalue weighted by molar-refractivity contribution is 0.551. The Hall–Kier alpha value is -1.04. The number of fused-ring (bicyclic) bond motifs is 4. The first-order valence-electron chi connectivity index (χ1n) is 7.44. The van der Waals surface area contributed by atoms with Crippen molar-refractivity contribution in [3.8, 4) is 0 Å². The van der Waals surface area contributed by atoms with E-state index in [1.165, 1.54) is 25.7 Å². The van der Waals surface area contributed by atoms with Gasteiger partial charge in [0.1, 0.15) is 0 Å². The van der Waals surface area contributed by atoms with Gasteiger partial charge in [0.05, 0.1) is 0 Å². The van der Waals surface area contributed by atoms with Crippen molar-refractivity contribution in [1.82, 2.24) is 0 Å². The van der Waals surface area contributed by atoms with Crippen LogP contribution in [0.5, 0.6) is 0 Å². The fourth-order valence-electron chi connectivity index (χ4n) is 4.08. The van der Waals surface area contributed by atoms with E-state index in [2.05, 4.69) is 50.0 Å². The third-order valence-corrected chi connectivity index (χ3v) is 5.15. The van der Waals surface area contributed by atoms with Crippen LogP contribution in [0, 0.1) is 29.6 Å². The molecule has 4 aliphatic rings. The van der Waals surface area contributed by atoms with Gasteiger partial charge in [-0.05, 0) is 62.2 Å². The van der Waals surface area contributed by atoms with Gasteiger partial charge in [0.2, 0.25) is 0 Å². The lowest BCUT2D eigenvalue weighted by atomic mass is 9.94. The Morgan fingerprint density at radius 3 is 2.22 bits per heavy atom. The normalized spacial score (nSPS) is 44.5. The van der Waals surface area contributed by atoms with Crippen molar-refractivity contribution in [1.29, 1.82) is 0 Å². The van der Waals surface area contributed by atoms with Gasteiger partial charge in [-0.1, -0.05) is 42.0 Å². The summed E-state index contributed by atoms with van der Waals surface area (Å²) in [7, 11) is 0. The van der Waals surface area contributed by atoms with Crippen molar-refractivity contribution >= 4 is 0 Å². The molecule has 0 aromatic carbocycles. The standard InChI is InChI=1S/2C9H12/c2*1-2-8-5-7-3-4-9(8)6-7/h2-4,7,9H,5-6H2,1H3;2-4,7-9H,1,5-6H2. The van der Waals surface area contributed by atoms with E-state index in [0.29, 0.717) is 0 Å². The van der Waals surface area contributed by atoms with Crippen molar-refractivity contribution in [2.75, 3.05) is 0 Å². The zero-order valence-electron chi connectivity index (χ0n) is 11.4. The molecule has 0 spiro atoms. The number of allylic oxidation sites excluding steroid dienone is 7. The first-order valence-corrected chi connectivity index (χ1v) is 7.44. The highest BCUT2D eigenvalue weighted by Crippen LogP contribution is 2.43. The van der Waals surface area contributed by atoms with Gasteiger partial charge in [0.25, 0.3) is 0 Å². The molecule has 5 atom stereocenters. The molecular formula is C18H24. The summed E-state index contributed by atoms with van der Waals surface area (Å²) in [5.74, 6) is 4.30. The lowest BCUT2D eigenvalue weighted by Crippen LogP contribution is -2.01. The van der Waals surface area contributed by atoms with Crippen molar-refractivity contribution < 1.29 is 0 Å². The monoisotopic (exact) mass is 240 g/mol. The summed E-state index contributed by atoms with van der Waals surface area (Å²) in [6, 6.07) is 0. The lowest BCUT2D eigenvalue weighted by Gasteiger charge is -2.11. The van der Waals surface area contributed by atoms with Crippen molar-refractivity contribution in [2.45, 2.75) is 32.6 Å². The molecule has 4 rings (SSSR count). The number of hydrogen-bond acceptors (Lipinski definition) is 0. The number of hydrogen-bond donors (Lipinski definition) is 0. The van der Waals surface area contributed by atoms with E-state index >= 15 is 0 Å². The fraction of sp³-hybridized carbons (Fsp3) is 0.556. The van der Waals surface area contributed by atoms with Crippen LogP contribution in [-0.4, -0.2) is 0 Å². The van der Waals surface area contributed by atoms with Crippen molar-refractivity contribution in [2.24, 2.45) is 29.6 Å². The van der Waals surface area contributed by atoms with E-state index in [4.69, 9.17) is 0 Å². The smallest absolute Gasteiger partial charge is 0.00174 e. The first kappa shape index (κ1) is 12.0. The summed E-state index contributed by atoms with van der Waals surface area (Å²) < 4.78 is 0. The van der Waals surface area contributed by atoms with Crippen LogP contribution in [0.1, 0.15) is 32.6 Å². The maximum Gasteiger partial charge on any atom is -0.00174 e. The molecule has 0 N–H and O–H groups in total. The topological polar surface area (TPSA) is 0 Å². The van der Waals surface area contributed by atoms with Gasteiger partial charge < -0.3 is 0 Å². The molecule has 0 amide bonds. The summed E-state index contributed by atoms with van der Waals surface area (Å²) in [4.78, 5) is 0. The molecule has 4 bridgehead atoms. The molecule has 5 unspecified atom stereocenters. The molecule has 0 nitrogen and oxygen atoms in total. The van der Waals surface area contributed by atoms with Crippen LogP contribution in [0.2, 0.25) is 0 Å². The minimum atomic E-state index is 0.806. The highest BCUT2D eigenvalue weighted by molar-refractivity contribution is 5.26. The molecule has 0 aromatic heterocycles. The molecule has 0 radical (unpaired) electrons. The van der Waals surface area contributed by atoms with Crippen molar-refractivity contribution in [3.05, 3.63) is 48.6 Å². The summed E-state index contributed by atoms with van der Waals surface area (Å²) >= 11 is 0. The average Bonchev–Trinajstić information content (AvgIpc) is 3.17. The van der Waals surface area contributed by atoms with E-state index in [1.54, 1.807) is 5.57 Å². The highest BCUT2D eigenvalue weighted by atomic mass is 14.4. The Kier molecular flexibility index (Phi) is 3.28. The predicted octanol–water partition coefficient (Wildman–Crippen LogP) is 4.91. The maximum absolute atomic E-state index is 3.83. The second-order valence-electron chi connectivity index (χ2n) is 6.23. The van der Waals surface area contributed by atoms with Gasteiger partial charge in [-0.25, -0.2) is 0 Å². The van der Waals surface area contributed by atoms with Crippen LogP contribution in [-0.2, 0) is 0 Å². The molecule has 0 saturated heterocycles.